The SMILES string of the molecule is CN=C(NCCCCN1CCOCC1)NC(C)Cc1c(C)nn(C)c1C.I. The molecule has 1 aliphatic rings. The van der Waals surface area contributed by atoms with Gasteiger partial charge in [-0.15, -0.1) is 24.0 Å². The molecule has 0 amide bonds. The van der Waals surface area contributed by atoms with E-state index in [-0.39, 0.29) is 24.0 Å². The molecule has 8 heteroatoms. The fourth-order valence-corrected chi connectivity index (χ4v) is 3.39. The predicted molar refractivity (Wildman–Crippen MR) is 122 cm³/mol. The van der Waals surface area contributed by atoms with Gasteiger partial charge in [0, 0.05) is 45.5 Å². The first-order chi connectivity index (χ1) is 12.5. The minimum Gasteiger partial charge on any atom is -0.379 e. The first-order valence-electron chi connectivity index (χ1n) is 9.77. The number of ether oxygens (including phenoxy) is 1. The molecule has 2 heterocycles. The highest BCUT2D eigenvalue weighted by molar-refractivity contribution is 14.0. The van der Waals surface area contributed by atoms with Crippen molar-refractivity contribution in [2.24, 2.45) is 12.0 Å². The Labute approximate surface area is 181 Å². The number of aliphatic imine (C=N–C) groups is 1. The van der Waals surface area contributed by atoms with Crippen LogP contribution in [0, 0.1) is 13.8 Å². The molecule has 1 aliphatic heterocycles. The van der Waals surface area contributed by atoms with Crippen LogP contribution in [0.2, 0.25) is 0 Å². The van der Waals surface area contributed by atoms with Crippen LogP contribution in [0.15, 0.2) is 4.99 Å². The summed E-state index contributed by atoms with van der Waals surface area (Å²) < 4.78 is 7.34. The largest absolute Gasteiger partial charge is 0.379 e. The average Bonchev–Trinajstić information content (AvgIpc) is 2.87. The molecule has 7 nitrogen and oxygen atoms in total. The van der Waals surface area contributed by atoms with Crippen LogP contribution in [0.1, 0.15) is 36.7 Å². The molecule has 2 N–H and O–H groups in total. The summed E-state index contributed by atoms with van der Waals surface area (Å²) in [6, 6.07) is 0.302. The first kappa shape index (κ1) is 24.2. The molecule has 1 saturated heterocycles. The van der Waals surface area contributed by atoms with Gasteiger partial charge in [-0.05, 0) is 52.1 Å². The monoisotopic (exact) mass is 492 g/mol. The Morgan fingerprint density at radius 1 is 1.26 bits per heavy atom. The molecule has 1 aromatic rings. The molecular formula is C19H37IN6O. The minimum absolute atomic E-state index is 0. The maximum absolute atomic E-state index is 5.39. The lowest BCUT2D eigenvalue weighted by Crippen LogP contribution is -2.43. The Bertz CT molecular complexity index is 583. The second-order valence-corrected chi connectivity index (χ2v) is 7.18. The van der Waals surface area contributed by atoms with Crippen LogP contribution >= 0.6 is 24.0 Å². The van der Waals surface area contributed by atoms with Crippen LogP contribution in [-0.4, -0.2) is 73.1 Å². The van der Waals surface area contributed by atoms with E-state index in [4.69, 9.17) is 4.74 Å². The van der Waals surface area contributed by atoms with Crippen molar-refractivity contribution < 1.29 is 4.74 Å². The highest BCUT2D eigenvalue weighted by Gasteiger charge is 2.14. The molecule has 0 saturated carbocycles. The Kier molecular flexibility index (Phi) is 11.2. The second kappa shape index (κ2) is 12.6. The van der Waals surface area contributed by atoms with Crippen molar-refractivity contribution in [2.75, 3.05) is 46.4 Å². The third-order valence-electron chi connectivity index (χ3n) is 5.07. The zero-order chi connectivity index (χ0) is 18.9. The molecular weight excluding hydrogens is 455 g/mol. The van der Waals surface area contributed by atoms with Gasteiger partial charge in [0.05, 0.1) is 18.9 Å². The van der Waals surface area contributed by atoms with Crippen LogP contribution in [0.25, 0.3) is 0 Å². The molecule has 1 aromatic heterocycles. The third-order valence-corrected chi connectivity index (χ3v) is 5.07. The Hall–Kier alpha value is -0.870. The zero-order valence-corrected chi connectivity index (χ0v) is 19.9. The lowest BCUT2D eigenvalue weighted by Gasteiger charge is -2.26. The van der Waals surface area contributed by atoms with Gasteiger partial charge in [0.1, 0.15) is 0 Å². The van der Waals surface area contributed by atoms with Crippen molar-refractivity contribution in [1.29, 1.82) is 0 Å². The molecule has 0 aliphatic carbocycles. The van der Waals surface area contributed by atoms with E-state index in [1.54, 1.807) is 0 Å². The van der Waals surface area contributed by atoms with Gasteiger partial charge in [-0.1, -0.05) is 0 Å². The smallest absolute Gasteiger partial charge is 0.191 e. The molecule has 27 heavy (non-hydrogen) atoms. The van der Waals surface area contributed by atoms with Crippen molar-refractivity contribution in [2.45, 2.75) is 46.1 Å². The Morgan fingerprint density at radius 2 is 1.96 bits per heavy atom. The van der Waals surface area contributed by atoms with Crippen LogP contribution in [-0.2, 0) is 18.2 Å². The summed E-state index contributed by atoms with van der Waals surface area (Å²) in [5, 5.41) is 11.4. The molecule has 0 bridgehead atoms. The molecule has 0 aromatic carbocycles. The number of hydrogen-bond acceptors (Lipinski definition) is 4. The van der Waals surface area contributed by atoms with Gasteiger partial charge in [-0.25, -0.2) is 0 Å². The van der Waals surface area contributed by atoms with Crippen molar-refractivity contribution in [1.82, 2.24) is 25.3 Å². The number of aryl methyl sites for hydroxylation is 2. The molecule has 156 valence electrons. The van der Waals surface area contributed by atoms with Gasteiger partial charge < -0.3 is 15.4 Å². The number of halogens is 1. The lowest BCUT2D eigenvalue weighted by molar-refractivity contribution is 0.0372. The van der Waals surface area contributed by atoms with Gasteiger partial charge in [-0.3, -0.25) is 14.6 Å². The molecule has 0 spiro atoms. The van der Waals surface area contributed by atoms with E-state index in [2.05, 4.69) is 46.4 Å². The van der Waals surface area contributed by atoms with Crippen molar-refractivity contribution >= 4 is 29.9 Å². The highest BCUT2D eigenvalue weighted by Crippen LogP contribution is 2.14. The molecule has 0 radical (unpaired) electrons. The van der Waals surface area contributed by atoms with E-state index in [0.717, 1.165) is 63.9 Å². The number of nitrogens with zero attached hydrogens (tertiary/aromatic N) is 4. The highest BCUT2D eigenvalue weighted by atomic mass is 127. The Morgan fingerprint density at radius 3 is 2.56 bits per heavy atom. The van der Waals surface area contributed by atoms with E-state index in [0.29, 0.717) is 6.04 Å². The fraction of sp³-hybridized carbons (Fsp3) is 0.789. The van der Waals surface area contributed by atoms with Crippen molar-refractivity contribution in [3.05, 3.63) is 17.0 Å². The van der Waals surface area contributed by atoms with Gasteiger partial charge in [-0.2, -0.15) is 5.10 Å². The third kappa shape index (κ3) is 7.95. The van der Waals surface area contributed by atoms with E-state index < -0.39 is 0 Å². The number of unbranched alkanes of at least 4 members (excludes halogenated alkanes) is 1. The summed E-state index contributed by atoms with van der Waals surface area (Å²) in [5.74, 6) is 0.878. The number of nitrogens with one attached hydrogen (secondary N) is 2. The summed E-state index contributed by atoms with van der Waals surface area (Å²) in [7, 11) is 3.83. The normalized spacial score (nSPS) is 16.7. The van der Waals surface area contributed by atoms with Crippen LogP contribution in [0.3, 0.4) is 0 Å². The summed E-state index contributed by atoms with van der Waals surface area (Å²) in [6.45, 7) is 12.4. The number of rotatable bonds is 8. The number of hydrogen-bond donors (Lipinski definition) is 2. The van der Waals surface area contributed by atoms with Gasteiger partial charge in [0.15, 0.2) is 5.96 Å². The average molecular weight is 492 g/mol. The van der Waals surface area contributed by atoms with Crippen molar-refractivity contribution in [3.8, 4) is 0 Å². The number of guanidine groups is 1. The summed E-state index contributed by atoms with van der Waals surface area (Å²) in [6.07, 6.45) is 3.30. The van der Waals surface area contributed by atoms with E-state index in [1.165, 1.54) is 17.7 Å². The zero-order valence-electron chi connectivity index (χ0n) is 17.5. The van der Waals surface area contributed by atoms with Gasteiger partial charge >= 0.3 is 0 Å². The van der Waals surface area contributed by atoms with E-state index >= 15 is 0 Å². The van der Waals surface area contributed by atoms with Crippen LogP contribution in [0.4, 0.5) is 0 Å². The maximum atomic E-state index is 5.39. The maximum Gasteiger partial charge on any atom is 0.191 e. The number of aromatic nitrogens is 2. The van der Waals surface area contributed by atoms with Crippen LogP contribution < -0.4 is 10.6 Å². The van der Waals surface area contributed by atoms with Crippen molar-refractivity contribution in [3.63, 3.8) is 0 Å². The molecule has 1 unspecified atom stereocenters. The lowest BCUT2D eigenvalue weighted by atomic mass is 10.1. The Balaban J connectivity index is 0.00000364. The van der Waals surface area contributed by atoms with E-state index in [1.807, 2.05) is 18.8 Å². The topological polar surface area (TPSA) is 66.7 Å². The quantitative estimate of drug-likeness (QED) is 0.251. The fourth-order valence-electron chi connectivity index (χ4n) is 3.39. The summed E-state index contributed by atoms with van der Waals surface area (Å²) in [4.78, 5) is 6.84. The second-order valence-electron chi connectivity index (χ2n) is 7.18. The summed E-state index contributed by atoms with van der Waals surface area (Å²) in [5.41, 5.74) is 3.68. The molecule has 2 rings (SSSR count). The van der Waals surface area contributed by atoms with E-state index in [9.17, 15) is 0 Å². The van der Waals surface area contributed by atoms with Gasteiger partial charge in [0.25, 0.3) is 0 Å². The number of morpholine rings is 1. The first-order valence-corrected chi connectivity index (χ1v) is 9.77. The summed E-state index contributed by atoms with van der Waals surface area (Å²) >= 11 is 0. The molecule has 1 atom stereocenters. The standard InChI is InChI=1S/C19H36N6O.HI/c1-15(14-18-16(2)23-24(5)17(18)3)22-19(20-4)21-8-6-7-9-25-10-12-26-13-11-25;/h15H,6-14H2,1-5H3,(H2,20,21,22);1H. The van der Waals surface area contributed by atoms with Crippen LogP contribution in [0.5, 0.6) is 0 Å². The molecule has 1 fully saturated rings. The minimum atomic E-state index is 0. The van der Waals surface area contributed by atoms with Gasteiger partial charge in [0.2, 0.25) is 0 Å². The predicted octanol–water partition coefficient (Wildman–Crippen LogP) is 1.86.